The van der Waals surface area contributed by atoms with E-state index in [0.29, 0.717) is 51.0 Å². The van der Waals surface area contributed by atoms with Gasteiger partial charge in [-0.05, 0) is 60.2 Å². The molecule has 1 heterocycles. The summed E-state index contributed by atoms with van der Waals surface area (Å²) in [5.41, 5.74) is 14.3. The van der Waals surface area contributed by atoms with Crippen LogP contribution < -0.4 is 27.1 Å². The van der Waals surface area contributed by atoms with Crippen molar-refractivity contribution in [1.82, 2.24) is 14.2 Å². The first kappa shape index (κ1) is 30.8. The third kappa shape index (κ3) is 6.69. The highest BCUT2D eigenvalue weighted by Crippen LogP contribution is 2.31. The maximum Gasteiger partial charge on any atom is 0.301 e. The van der Waals surface area contributed by atoms with E-state index in [1.54, 1.807) is 22.8 Å². The predicted octanol–water partition coefficient (Wildman–Crippen LogP) is 3.95. The SMILES string of the molecule is CC/C(C#N)=C(\N=C(N)N)N[C@@H](C)c1cc2cccc(-c3cccc(NS(=O)(=O)N(C)C)c3)c2c(=O)n1-c1ccccc1. The minimum absolute atomic E-state index is 0.199. The van der Waals surface area contributed by atoms with Crippen molar-refractivity contribution in [3.8, 4) is 22.9 Å². The number of nitrogens with one attached hydrogen (secondary N) is 2. The van der Waals surface area contributed by atoms with Crippen LogP contribution in [-0.4, -0.2) is 37.3 Å². The van der Waals surface area contributed by atoms with Gasteiger partial charge in [-0.2, -0.15) is 23.0 Å². The van der Waals surface area contributed by atoms with Crippen molar-refractivity contribution in [3.63, 3.8) is 0 Å². The van der Waals surface area contributed by atoms with Crippen LogP contribution in [0, 0.1) is 11.3 Å². The summed E-state index contributed by atoms with van der Waals surface area (Å²) in [5, 5.41) is 14.0. The molecule has 4 rings (SSSR count). The molecule has 0 amide bonds. The van der Waals surface area contributed by atoms with E-state index in [4.69, 9.17) is 11.5 Å². The fraction of sp³-hybridized carbons (Fsp3) is 0.194. The van der Waals surface area contributed by atoms with E-state index in [-0.39, 0.29) is 17.3 Å². The lowest BCUT2D eigenvalue weighted by Gasteiger charge is -2.23. The number of guanidine groups is 1. The fourth-order valence-corrected chi connectivity index (χ4v) is 5.28. The molecule has 0 radical (unpaired) electrons. The van der Waals surface area contributed by atoms with E-state index in [2.05, 4.69) is 21.1 Å². The van der Waals surface area contributed by atoms with Crippen molar-refractivity contribution in [2.75, 3.05) is 18.8 Å². The van der Waals surface area contributed by atoms with E-state index in [0.717, 1.165) is 4.31 Å². The molecule has 0 saturated heterocycles. The van der Waals surface area contributed by atoms with E-state index in [9.17, 15) is 18.5 Å². The molecule has 0 fully saturated rings. The van der Waals surface area contributed by atoms with Gasteiger partial charge in [-0.1, -0.05) is 55.5 Å². The lowest BCUT2D eigenvalue weighted by Crippen LogP contribution is -2.30. The van der Waals surface area contributed by atoms with Crippen molar-refractivity contribution < 1.29 is 8.42 Å². The Kier molecular flexibility index (Phi) is 9.18. The third-order valence-electron chi connectivity index (χ3n) is 6.80. The molecule has 1 aromatic heterocycles. The molecule has 3 aromatic carbocycles. The van der Waals surface area contributed by atoms with Gasteiger partial charge in [0.25, 0.3) is 5.56 Å². The minimum Gasteiger partial charge on any atom is -0.370 e. The normalized spacial score (nSPS) is 12.7. The van der Waals surface area contributed by atoms with Crippen molar-refractivity contribution in [3.05, 3.63) is 106 Å². The lowest BCUT2D eigenvalue weighted by molar-refractivity contribution is 0.527. The molecular formula is C31H34N8O3S. The van der Waals surface area contributed by atoms with Crippen molar-refractivity contribution >= 4 is 32.6 Å². The Morgan fingerprint density at radius 1 is 1.05 bits per heavy atom. The number of nitriles is 1. The molecule has 12 heteroatoms. The van der Waals surface area contributed by atoms with E-state index < -0.39 is 16.3 Å². The number of fused-ring (bicyclic) bond motifs is 1. The van der Waals surface area contributed by atoms with Gasteiger partial charge in [0, 0.05) is 25.5 Å². The fourth-order valence-electron chi connectivity index (χ4n) is 4.67. The van der Waals surface area contributed by atoms with Gasteiger partial charge in [0.1, 0.15) is 5.82 Å². The first-order chi connectivity index (χ1) is 20.5. The van der Waals surface area contributed by atoms with Gasteiger partial charge in [-0.15, -0.1) is 0 Å². The lowest BCUT2D eigenvalue weighted by atomic mass is 9.97. The molecule has 0 saturated carbocycles. The Labute approximate surface area is 251 Å². The monoisotopic (exact) mass is 598 g/mol. The average Bonchev–Trinajstić information content (AvgIpc) is 2.97. The molecule has 222 valence electrons. The highest BCUT2D eigenvalue weighted by Gasteiger charge is 2.21. The molecule has 0 aliphatic rings. The van der Waals surface area contributed by atoms with E-state index >= 15 is 0 Å². The minimum atomic E-state index is -3.72. The van der Waals surface area contributed by atoms with Gasteiger partial charge in [-0.25, -0.2) is 0 Å². The molecule has 1 atom stereocenters. The number of hydrogen-bond donors (Lipinski definition) is 4. The molecule has 43 heavy (non-hydrogen) atoms. The summed E-state index contributed by atoms with van der Waals surface area (Å²) in [6, 6.07) is 25.2. The van der Waals surface area contributed by atoms with Gasteiger partial charge in [0.2, 0.25) is 0 Å². The van der Waals surface area contributed by atoms with Gasteiger partial charge < -0.3 is 16.8 Å². The number of aliphatic imine (C=N–C) groups is 1. The molecule has 6 N–H and O–H groups in total. The molecule has 0 aliphatic heterocycles. The molecule has 0 bridgehead atoms. The standard InChI is InChI=1S/C31H34N8O3S/c1-5-21(19-32)29(36-31(33)34)35-20(2)27-18-23-12-10-16-26(28(23)30(40)39(27)25-14-7-6-8-15-25)22-11-9-13-24(17-22)37-43(41,42)38(3)4/h6-18,20,35,37H,5H2,1-4H3,(H4,33,34,36)/b29-21+/t20-/m0/s1. The maximum atomic E-state index is 14.4. The van der Waals surface area contributed by atoms with Crippen LogP contribution in [0.3, 0.4) is 0 Å². The van der Waals surface area contributed by atoms with Gasteiger partial charge >= 0.3 is 10.2 Å². The van der Waals surface area contributed by atoms with Crippen LogP contribution in [0.4, 0.5) is 5.69 Å². The second-order valence-corrected chi connectivity index (χ2v) is 11.9. The summed E-state index contributed by atoms with van der Waals surface area (Å²) in [4.78, 5) is 18.6. The number of nitrogens with zero attached hydrogens (tertiary/aromatic N) is 4. The van der Waals surface area contributed by atoms with Gasteiger partial charge in [-0.3, -0.25) is 14.1 Å². The Morgan fingerprint density at radius 3 is 2.37 bits per heavy atom. The molecule has 0 spiro atoms. The van der Waals surface area contributed by atoms with Crippen LogP contribution in [-0.2, 0) is 10.2 Å². The number of nitrogens with two attached hydrogens (primary N) is 2. The second kappa shape index (κ2) is 12.8. The zero-order valence-corrected chi connectivity index (χ0v) is 25.2. The third-order valence-corrected chi connectivity index (χ3v) is 8.26. The first-order valence-corrected chi connectivity index (χ1v) is 14.9. The van der Waals surface area contributed by atoms with Crippen LogP contribution in [0.15, 0.2) is 100 Å². The average molecular weight is 599 g/mol. The predicted molar refractivity (Wildman–Crippen MR) is 172 cm³/mol. The van der Waals surface area contributed by atoms with Crippen molar-refractivity contribution in [2.24, 2.45) is 16.5 Å². The number of benzene rings is 3. The molecule has 4 aromatic rings. The van der Waals surface area contributed by atoms with Gasteiger partial charge in [0.05, 0.1) is 28.8 Å². The number of pyridine rings is 1. The summed E-state index contributed by atoms with van der Waals surface area (Å²) in [6.07, 6.45) is 0.401. The van der Waals surface area contributed by atoms with E-state index in [1.807, 2.05) is 74.5 Å². The summed E-state index contributed by atoms with van der Waals surface area (Å²) in [5.74, 6) is 0.0324. The Morgan fingerprint density at radius 2 is 1.74 bits per heavy atom. The quantitative estimate of drug-likeness (QED) is 0.122. The molecule has 11 nitrogen and oxygen atoms in total. The smallest absolute Gasteiger partial charge is 0.301 e. The first-order valence-electron chi connectivity index (χ1n) is 13.5. The molecule has 0 aliphatic carbocycles. The van der Waals surface area contributed by atoms with Crippen molar-refractivity contribution in [1.29, 1.82) is 5.26 Å². The van der Waals surface area contributed by atoms with Crippen molar-refractivity contribution in [2.45, 2.75) is 26.3 Å². The maximum absolute atomic E-state index is 14.4. The largest absolute Gasteiger partial charge is 0.370 e. The number of anilines is 1. The molecular weight excluding hydrogens is 564 g/mol. The van der Waals surface area contributed by atoms with Crippen LogP contribution in [0.25, 0.3) is 27.6 Å². The van der Waals surface area contributed by atoms with Crippen LogP contribution in [0.1, 0.15) is 32.0 Å². The van der Waals surface area contributed by atoms with Crippen LogP contribution in [0.5, 0.6) is 0 Å². The summed E-state index contributed by atoms with van der Waals surface area (Å²) < 4.78 is 30.1. The topological polar surface area (TPSA) is 172 Å². The van der Waals surface area contributed by atoms with Crippen LogP contribution in [0.2, 0.25) is 0 Å². The Hall–Kier alpha value is -5.12. The number of allylic oxidation sites excluding steroid dienone is 1. The van der Waals surface area contributed by atoms with E-state index in [1.165, 1.54) is 14.1 Å². The number of para-hydroxylation sites is 1. The summed E-state index contributed by atoms with van der Waals surface area (Å²) in [7, 11) is -0.844. The highest BCUT2D eigenvalue weighted by molar-refractivity contribution is 7.90. The second-order valence-electron chi connectivity index (χ2n) is 9.98. The summed E-state index contributed by atoms with van der Waals surface area (Å²) >= 11 is 0. The zero-order chi connectivity index (χ0) is 31.3. The van der Waals surface area contributed by atoms with Gasteiger partial charge in [0.15, 0.2) is 5.96 Å². The number of aromatic nitrogens is 1. The number of hydrogen-bond acceptors (Lipinski definition) is 6. The van der Waals surface area contributed by atoms with Crippen LogP contribution >= 0.6 is 0 Å². The summed E-state index contributed by atoms with van der Waals surface area (Å²) in [6.45, 7) is 3.68. The Bertz CT molecular complexity index is 1920. The molecule has 0 unspecified atom stereocenters. The Balaban J connectivity index is 1.95. The zero-order valence-electron chi connectivity index (χ0n) is 24.4. The number of rotatable bonds is 10. The highest BCUT2D eigenvalue weighted by atomic mass is 32.2.